The van der Waals surface area contributed by atoms with E-state index in [9.17, 15) is 0 Å². The number of hydrogen-bond donors (Lipinski definition) is 0. The zero-order valence-electron chi connectivity index (χ0n) is 11.6. The smallest absolute Gasteiger partial charge is 0.0653 e. The summed E-state index contributed by atoms with van der Waals surface area (Å²) in [5, 5.41) is 0. The Bertz CT molecular complexity index is 236. The Kier molecular flexibility index (Phi) is 7.27. The minimum absolute atomic E-state index is 0.528. The topological polar surface area (TPSA) is 9.23 Å². The Hall–Kier alpha value is -0.560. The van der Waals surface area contributed by atoms with E-state index in [2.05, 4.69) is 26.5 Å². The van der Waals surface area contributed by atoms with Crippen molar-refractivity contribution in [1.82, 2.24) is 0 Å². The van der Waals surface area contributed by atoms with E-state index in [0.29, 0.717) is 12.0 Å². The van der Waals surface area contributed by atoms with E-state index in [1.165, 1.54) is 50.5 Å². The molecule has 98 valence electrons. The highest BCUT2D eigenvalue weighted by Gasteiger charge is 2.12. The van der Waals surface area contributed by atoms with Gasteiger partial charge in [0.15, 0.2) is 0 Å². The summed E-state index contributed by atoms with van der Waals surface area (Å²) in [6, 6.07) is 0. The third-order valence-corrected chi connectivity index (χ3v) is 3.71. The van der Waals surface area contributed by atoms with E-state index >= 15 is 0 Å². The third kappa shape index (κ3) is 6.68. The first kappa shape index (κ1) is 14.5. The van der Waals surface area contributed by atoms with Crippen molar-refractivity contribution < 1.29 is 4.74 Å². The number of rotatable bonds is 7. The lowest BCUT2D eigenvalue weighted by Crippen LogP contribution is -2.16. The highest BCUT2D eigenvalue weighted by Crippen LogP contribution is 2.20. The first-order valence-electron chi connectivity index (χ1n) is 7.12. The average molecular weight is 236 g/mol. The molecule has 0 aromatic rings. The summed E-state index contributed by atoms with van der Waals surface area (Å²) in [7, 11) is 0. The molecule has 1 atom stereocenters. The molecule has 1 unspecified atom stereocenters. The molecule has 0 N–H and O–H groups in total. The van der Waals surface area contributed by atoms with Crippen molar-refractivity contribution in [2.45, 2.75) is 64.9 Å². The second-order valence-electron chi connectivity index (χ2n) is 5.40. The Morgan fingerprint density at radius 2 is 2.06 bits per heavy atom. The maximum atomic E-state index is 5.89. The van der Waals surface area contributed by atoms with Gasteiger partial charge in [0.05, 0.1) is 12.7 Å². The van der Waals surface area contributed by atoms with Crippen LogP contribution in [0.25, 0.3) is 0 Å². The number of hydrogen-bond acceptors (Lipinski definition) is 1. The molecule has 0 amide bonds. The van der Waals surface area contributed by atoms with E-state index < -0.39 is 0 Å². The Labute approximate surface area is 107 Å². The second kappa shape index (κ2) is 8.52. The van der Waals surface area contributed by atoms with Crippen LogP contribution in [0.15, 0.2) is 24.3 Å². The molecule has 0 bridgehead atoms. The minimum Gasteiger partial charge on any atom is -0.374 e. The summed E-state index contributed by atoms with van der Waals surface area (Å²) >= 11 is 0. The highest BCUT2D eigenvalue weighted by molar-refractivity contribution is 4.99. The Morgan fingerprint density at radius 3 is 2.71 bits per heavy atom. The highest BCUT2D eigenvalue weighted by atomic mass is 16.5. The first-order chi connectivity index (χ1) is 8.22. The SMILES string of the molecule is C=CC(C)CC/C(C)=C/COC1CCCCC1. The summed E-state index contributed by atoms with van der Waals surface area (Å²) in [5.41, 5.74) is 1.45. The summed E-state index contributed by atoms with van der Waals surface area (Å²) in [5.74, 6) is 0.623. The van der Waals surface area contributed by atoms with Gasteiger partial charge in [-0.25, -0.2) is 0 Å². The molecule has 0 saturated heterocycles. The Morgan fingerprint density at radius 1 is 1.35 bits per heavy atom. The zero-order valence-corrected chi connectivity index (χ0v) is 11.6. The van der Waals surface area contributed by atoms with Gasteiger partial charge in [0, 0.05) is 0 Å². The predicted molar refractivity (Wildman–Crippen MR) is 75.2 cm³/mol. The molecule has 1 nitrogen and oxygen atoms in total. The van der Waals surface area contributed by atoms with Gasteiger partial charge < -0.3 is 4.74 Å². The molecule has 0 aromatic heterocycles. The minimum atomic E-state index is 0.528. The summed E-state index contributed by atoms with van der Waals surface area (Å²) in [4.78, 5) is 0. The van der Waals surface area contributed by atoms with E-state index in [1.807, 2.05) is 6.08 Å². The number of ether oxygens (including phenoxy) is 1. The van der Waals surface area contributed by atoms with E-state index in [-0.39, 0.29) is 0 Å². The van der Waals surface area contributed by atoms with Crippen molar-refractivity contribution >= 4 is 0 Å². The standard InChI is InChI=1S/C16H28O/c1-4-14(2)10-11-15(3)12-13-17-16-8-6-5-7-9-16/h4,12,14,16H,1,5-11,13H2,2-3H3/b15-12+. The fourth-order valence-corrected chi connectivity index (χ4v) is 2.23. The molecule has 0 spiro atoms. The van der Waals surface area contributed by atoms with Crippen LogP contribution in [-0.2, 0) is 4.74 Å². The summed E-state index contributed by atoms with van der Waals surface area (Å²) in [6.45, 7) is 9.05. The van der Waals surface area contributed by atoms with Crippen LogP contribution in [0.1, 0.15) is 58.8 Å². The van der Waals surface area contributed by atoms with Crippen LogP contribution in [0.4, 0.5) is 0 Å². The molecule has 1 rings (SSSR count). The van der Waals surface area contributed by atoms with Crippen molar-refractivity contribution in [3.8, 4) is 0 Å². The lowest BCUT2D eigenvalue weighted by atomic mass is 9.98. The van der Waals surface area contributed by atoms with Crippen LogP contribution < -0.4 is 0 Å². The van der Waals surface area contributed by atoms with Gasteiger partial charge in [-0.3, -0.25) is 0 Å². The van der Waals surface area contributed by atoms with Gasteiger partial charge >= 0.3 is 0 Å². The van der Waals surface area contributed by atoms with Crippen LogP contribution >= 0.6 is 0 Å². The van der Waals surface area contributed by atoms with E-state index in [1.54, 1.807) is 0 Å². The quantitative estimate of drug-likeness (QED) is 0.572. The maximum absolute atomic E-state index is 5.89. The molecule has 17 heavy (non-hydrogen) atoms. The van der Waals surface area contributed by atoms with Crippen LogP contribution in [0.2, 0.25) is 0 Å². The molecule has 1 fully saturated rings. The van der Waals surface area contributed by atoms with Crippen molar-refractivity contribution in [3.63, 3.8) is 0 Å². The molecule has 1 saturated carbocycles. The average Bonchev–Trinajstić information content (AvgIpc) is 2.37. The van der Waals surface area contributed by atoms with Gasteiger partial charge in [0.2, 0.25) is 0 Å². The first-order valence-corrected chi connectivity index (χ1v) is 7.12. The van der Waals surface area contributed by atoms with Crippen LogP contribution in [0.3, 0.4) is 0 Å². The van der Waals surface area contributed by atoms with Crippen LogP contribution in [-0.4, -0.2) is 12.7 Å². The number of allylic oxidation sites excluding steroid dienone is 2. The molecule has 0 radical (unpaired) electrons. The van der Waals surface area contributed by atoms with Crippen molar-refractivity contribution in [1.29, 1.82) is 0 Å². The van der Waals surface area contributed by atoms with Gasteiger partial charge in [-0.15, -0.1) is 6.58 Å². The van der Waals surface area contributed by atoms with E-state index in [4.69, 9.17) is 4.74 Å². The normalized spacial score (nSPS) is 20.2. The van der Waals surface area contributed by atoms with Gasteiger partial charge in [-0.2, -0.15) is 0 Å². The van der Waals surface area contributed by atoms with Crippen molar-refractivity contribution in [2.75, 3.05) is 6.61 Å². The maximum Gasteiger partial charge on any atom is 0.0653 e. The molecule has 0 aromatic carbocycles. The van der Waals surface area contributed by atoms with E-state index in [0.717, 1.165) is 6.61 Å². The van der Waals surface area contributed by atoms with Crippen LogP contribution in [0, 0.1) is 5.92 Å². The van der Waals surface area contributed by atoms with Gasteiger partial charge in [0.1, 0.15) is 0 Å². The predicted octanol–water partition coefficient (Wildman–Crippen LogP) is 4.88. The van der Waals surface area contributed by atoms with Crippen LogP contribution in [0.5, 0.6) is 0 Å². The molecule has 0 aliphatic heterocycles. The summed E-state index contributed by atoms with van der Waals surface area (Å²) < 4.78 is 5.89. The van der Waals surface area contributed by atoms with Gasteiger partial charge in [-0.05, 0) is 38.5 Å². The lowest BCUT2D eigenvalue weighted by Gasteiger charge is -2.21. The molecule has 1 aliphatic carbocycles. The molecule has 1 aliphatic rings. The zero-order chi connectivity index (χ0) is 12.5. The molecule has 1 heteroatoms. The fourth-order valence-electron chi connectivity index (χ4n) is 2.23. The lowest BCUT2D eigenvalue weighted by molar-refractivity contribution is 0.0463. The van der Waals surface area contributed by atoms with Crippen molar-refractivity contribution in [3.05, 3.63) is 24.3 Å². The third-order valence-electron chi connectivity index (χ3n) is 3.71. The van der Waals surface area contributed by atoms with Gasteiger partial charge in [-0.1, -0.05) is 43.9 Å². The monoisotopic (exact) mass is 236 g/mol. The van der Waals surface area contributed by atoms with Gasteiger partial charge in [0.25, 0.3) is 0 Å². The Balaban J connectivity index is 2.11. The second-order valence-corrected chi connectivity index (χ2v) is 5.40. The van der Waals surface area contributed by atoms with Crippen molar-refractivity contribution in [2.24, 2.45) is 5.92 Å². The fraction of sp³-hybridized carbons (Fsp3) is 0.750. The summed E-state index contributed by atoms with van der Waals surface area (Å²) in [6.07, 6.45) is 13.8. The molecular formula is C16H28O. The largest absolute Gasteiger partial charge is 0.374 e. The molecular weight excluding hydrogens is 208 g/mol. The molecule has 0 heterocycles.